The van der Waals surface area contributed by atoms with E-state index in [2.05, 4.69) is 24.4 Å². The van der Waals surface area contributed by atoms with Gasteiger partial charge in [0.05, 0.1) is 19.8 Å². The first kappa shape index (κ1) is 37.1. The van der Waals surface area contributed by atoms with E-state index in [4.69, 9.17) is 9.47 Å². The Morgan fingerprint density at radius 2 is 1.65 bits per heavy atom. The maximum atomic E-state index is 14.7. The molecule has 2 fully saturated rings. The first-order valence-corrected chi connectivity index (χ1v) is 18.2. The number of amides is 2. The highest BCUT2D eigenvalue weighted by atomic mass is 19.2. The lowest BCUT2D eigenvalue weighted by Crippen LogP contribution is -2.62. The summed E-state index contributed by atoms with van der Waals surface area (Å²) in [6.07, 6.45) is 5.08. The van der Waals surface area contributed by atoms with Crippen LogP contribution < -0.4 is 10.1 Å². The van der Waals surface area contributed by atoms with Gasteiger partial charge < -0.3 is 24.6 Å². The smallest absolute Gasteiger partial charge is 0.305 e. The molecule has 52 heavy (non-hydrogen) atoms. The highest BCUT2D eigenvalue weighted by Gasteiger charge is 2.43. The number of carbonyl (C=O) groups excluding carboxylic acids is 3. The number of methoxy groups -OCH3 is 1. The van der Waals surface area contributed by atoms with E-state index in [0.29, 0.717) is 50.9 Å². The van der Waals surface area contributed by atoms with Crippen molar-refractivity contribution in [1.29, 1.82) is 0 Å². The van der Waals surface area contributed by atoms with Crippen LogP contribution in [0.5, 0.6) is 5.75 Å². The second-order valence-corrected chi connectivity index (χ2v) is 14.0. The average Bonchev–Trinajstić information content (AvgIpc) is 3.99. The van der Waals surface area contributed by atoms with Crippen molar-refractivity contribution in [2.45, 2.75) is 82.8 Å². The van der Waals surface area contributed by atoms with Gasteiger partial charge in [-0.1, -0.05) is 48.5 Å². The van der Waals surface area contributed by atoms with Crippen LogP contribution in [0, 0.1) is 24.4 Å². The van der Waals surface area contributed by atoms with Gasteiger partial charge in [-0.3, -0.25) is 14.4 Å². The van der Waals surface area contributed by atoms with Gasteiger partial charge in [0.25, 0.3) is 5.91 Å². The normalized spacial score (nSPS) is 18.3. The summed E-state index contributed by atoms with van der Waals surface area (Å²) < 4.78 is 51.4. The van der Waals surface area contributed by atoms with Gasteiger partial charge in [-0.2, -0.15) is 4.39 Å². The number of rotatable bonds is 15. The number of hydrogen-bond acceptors (Lipinski definition) is 6. The predicted molar refractivity (Wildman–Crippen MR) is 191 cm³/mol. The minimum Gasteiger partial charge on any atom is -0.488 e. The monoisotopic (exact) mass is 717 g/mol. The van der Waals surface area contributed by atoms with Gasteiger partial charge >= 0.3 is 5.97 Å². The molecule has 0 radical (unpaired) electrons. The summed E-state index contributed by atoms with van der Waals surface area (Å²) in [4.78, 5) is 43.5. The van der Waals surface area contributed by atoms with Gasteiger partial charge in [-0.15, -0.1) is 0 Å². The molecule has 1 N–H and O–H groups in total. The van der Waals surface area contributed by atoms with Crippen molar-refractivity contribution in [2.75, 3.05) is 33.4 Å². The van der Waals surface area contributed by atoms with Gasteiger partial charge in [0.15, 0.2) is 17.4 Å². The first-order valence-electron chi connectivity index (χ1n) is 18.2. The van der Waals surface area contributed by atoms with Crippen molar-refractivity contribution in [2.24, 2.45) is 0 Å². The predicted octanol–water partition coefficient (Wildman–Crippen LogP) is 6.33. The minimum atomic E-state index is -1.34. The molecule has 0 spiro atoms. The Labute approximate surface area is 303 Å². The van der Waals surface area contributed by atoms with Crippen LogP contribution in [0.25, 0.3) is 5.57 Å². The van der Waals surface area contributed by atoms with E-state index in [1.165, 1.54) is 18.2 Å². The lowest BCUT2D eigenvalue weighted by Gasteiger charge is -2.45. The van der Waals surface area contributed by atoms with Crippen LogP contribution in [0.4, 0.5) is 13.2 Å². The number of esters is 1. The maximum absolute atomic E-state index is 14.7. The minimum absolute atomic E-state index is 0.0000582. The lowest BCUT2D eigenvalue weighted by atomic mass is 9.82. The number of ether oxygens (including phenoxy) is 2. The SMILES string of the molecule is COC(=O)CCCC(=O)N1C[C@H]2CC(c3ccc(CCCOc4c(F)ccc(F)c4F)cc3)=C(C(=O)N(CCc3ccccc3C)C3CC3)[C@@H](C1)N2. The topological polar surface area (TPSA) is 88.2 Å². The Kier molecular flexibility index (Phi) is 12.0. The first-order chi connectivity index (χ1) is 25.1. The molecule has 2 amide bonds. The van der Waals surface area contributed by atoms with Crippen molar-refractivity contribution in [3.8, 4) is 5.75 Å². The van der Waals surface area contributed by atoms with Gasteiger partial charge in [0.1, 0.15) is 0 Å². The third kappa shape index (κ3) is 8.86. The number of benzene rings is 3. The number of fused-ring (bicyclic) bond motifs is 2. The fraction of sp³-hybridized carbons (Fsp3) is 0.439. The number of aryl methyl sites for hydroxylation is 2. The molecule has 2 aliphatic heterocycles. The summed E-state index contributed by atoms with van der Waals surface area (Å²) in [6, 6.07) is 17.6. The molecule has 8 nitrogen and oxygen atoms in total. The zero-order chi connectivity index (χ0) is 36.8. The number of piperazine rings is 1. The molecule has 3 aliphatic rings. The van der Waals surface area contributed by atoms with E-state index in [1.54, 1.807) is 0 Å². The third-order valence-corrected chi connectivity index (χ3v) is 10.3. The molecule has 1 aliphatic carbocycles. The molecular weight excluding hydrogens is 671 g/mol. The number of nitrogens with zero attached hydrogens (tertiary/aromatic N) is 2. The summed E-state index contributed by atoms with van der Waals surface area (Å²) in [6.45, 7) is 3.56. The van der Waals surface area contributed by atoms with Crippen molar-refractivity contribution in [1.82, 2.24) is 15.1 Å². The Morgan fingerprint density at radius 3 is 2.38 bits per heavy atom. The van der Waals surface area contributed by atoms with E-state index >= 15 is 0 Å². The highest BCUT2D eigenvalue weighted by Crippen LogP contribution is 2.37. The highest BCUT2D eigenvalue weighted by molar-refractivity contribution is 6.03. The van der Waals surface area contributed by atoms with Crippen LogP contribution in [-0.2, 0) is 32.0 Å². The number of nitrogens with one attached hydrogen (secondary N) is 1. The zero-order valence-electron chi connectivity index (χ0n) is 29.8. The largest absolute Gasteiger partial charge is 0.488 e. The van der Waals surface area contributed by atoms with E-state index < -0.39 is 23.2 Å². The quantitative estimate of drug-likeness (QED) is 0.112. The molecule has 2 bridgehead atoms. The fourth-order valence-electron chi connectivity index (χ4n) is 7.30. The summed E-state index contributed by atoms with van der Waals surface area (Å²) in [7, 11) is 1.34. The summed E-state index contributed by atoms with van der Waals surface area (Å²) in [5, 5.41) is 3.66. The van der Waals surface area contributed by atoms with Gasteiger partial charge in [0.2, 0.25) is 11.7 Å². The number of hydrogen-bond donors (Lipinski definition) is 1. The Balaban J connectivity index is 1.20. The molecule has 1 saturated heterocycles. The fourth-order valence-corrected chi connectivity index (χ4v) is 7.30. The molecule has 0 aromatic heterocycles. The summed E-state index contributed by atoms with van der Waals surface area (Å²) >= 11 is 0. The van der Waals surface area contributed by atoms with Crippen molar-refractivity contribution in [3.63, 3.8) is 0 Å². The zero-order valence-corrected chi connectivity index (χ0v) is 29.8. The third-order valence-electron chi connectivity index (χ3n) is 10.3. The number of halogens is 3. The summed E-state index contributed by atoms with van der Waals surface area (Å²) in [5.74, 6) is -4.54. The lowest BCUT2D eigenvalue weighted by molar-refractivity contribution is -0.141. The van der Waals surface area contributed by atoms with Crippen molar-refractivity contribution < 1.29 is 37.0 Å². The van der Waals surface area contributed by atoms with Crippen molar-refractivity contribution >= 4 is 23.4 Å². The summed E-state index contributed by atoms with van der Waals surface area (Å²) in [5.41, 5.74) is 6.00. The number of carbonyl (C=O) groups is 3. The van der Waals surface area contributed by atoms with E-state index in [-0.39, 0.29) is 55.4 Å². The second-order valence-electron chi connectivity index (χ2n) is 14.0. The standard InChI is InChI=1S/C41H46F3N3O5/c1-26-7-3-4-9-28(26)20-21-47(31-16-17-31)41(50)38-32(23-30-24-46(25-35(38)45-30)36(48)10-5-11-37(49)51-2)29-14-12-27(13-15-29)8-6-22-52-40-34(43)19-18-33(42)39(40)44/h3-4,7,9,12-15,18-19,30-31,35,45H,5-6,8,10-11,16-17,20-25H2,1-2H3/t30-,35-/m1/s1. The Bertz CT molecular complexity index is 1810. The molecule has 11 heteroatoms. The molecule has 6 rings (SSSR count). The van der Waals surface area contributed by atoms with Crippen LogP contribution in [0.1, 0.15) is 67.2 Å². The van der Waals surface area contributed by atoms with Gasteiger partial charge in [-0.25, -0.2) is 8.78 Å². The molecule has 1 saturated carbocycles. The molecule has 3 aromatic carbocycles. The van der Waals surface area contributed by atoms with Gasteiger partial charge in [0, 0.05) is 50.1 Å². The average molecular weight is 718 g/mol. The molecule has 2 atom stereocenters. The van der Waals surface area contributed by atoms with E-state index in [9.17, 15) is 27.6 Å². The molecule has 0 unspecified atom stereocenters. The van der Waals surface area contributed by atoms with Crippen LogP contribution in [0.3, 0.4) is 0 Å². The van der Waals surface area contributed by atoms with Crippen LogP contribution in [-0.4, -0.2) is 79.1 Å². The molecule has 2 heterocycles. The van der Waals surface area contributed by atoms with Crippen molar-refractivity contribution in [3.05, 3.63) is 106 Å². The maximum Gasteiger partial charge on any atom is 0.305 e. The Hall–Kier alpha value is -4.64. The van der Waals surface area contributed by atoms with Crippen LogP contribution >= 0.6 is 0 Å². The van der Waals surface area contributed by atoms with E-state index in [0.717, 1.165) is 48.1 Å². The molecule has 276 valence electrons. The van der Waals surface area contributed by atoms with Gasteiger partial charge in [-0.05, 0) is 91.8 Å². The molecular formula is C41H46F3N3O5. The van der Waals surface area contributed by atoms with Crippen LogP contribution in [0.15, 0.2) is 66.2 Å². The molecule has 3 aromatic rings. The van der Waals surface area contributed by atoms with E-state index in [1.807, 2.05) is 46.2 Å². The van der Waals surface area contributed by atoms with Crippen LogP contribution in [0.2, 0.25) is 0 Å². The Morgan fingerprint density at radius 1 is 0.904 bits per heavy atom. The second kappa shape index (κ2) is 16.8.